The SMILES string of the molecule is CNC(c1ncc(C)cc1C)C(C)C. The average Bonchev–Trinajstić information content (AvgIpc) is 2.09. The summed E-state index contributed by atoms with van der Waals surface area (Å²) in [6, 6.07) is 2.55. The van der Waals surface area contributed by atoms with Crippen molar-refractivity contribution in [3.05, 3.63) is 29.1 Å². The Hall–Kier alpha value is -0.890. The van der Waals surface area contributed by atoms with Gasteiger partial charge in [0.2, 0.25) is 0 Å². The molecule has 0 aliphatic rings. The van der Waals surface area contributed by atoms with Crippen LogP contribution in [0.2, 0.25) is 0 Å². The molecule has 0 spiro atoms. The Kier molecular flexibility index (Phi) is 3.64. The maximum atomic E-state index is 4.51. The quantitative estimate of drug-likeness (QED) is 0.796. The third kappa shape index (κ3) is 2.32. The number of rotatable bonds is 3. The van der Waals surface area contributed by atoms with Crippen LogP contribution >= 0.6 is 0 Å². The topological polar surface area (TPSA) is 24.9 Å². The highest BCUT2D eigenvalue weighted by molar-refractivity contribution is 5.25. The summed E-state index contributed by atoms with van der Waals surface area (Å²) in [7, 11) is 1.99. The van der Waals surface area contributed by atoms with Crippen molar-refractivity contribution in [1.29, 1.82) is 0 Å². The van der Waals surface area contributed by atoms with Gasteiger partial charge in [-0.05, 0) is 37.9 Å². The van der Waals surface area contributed by atoms with E-state index >= 15 is 0 Å². The van der Waals surface area contributed by atoms with E-state index in [1.807, 2.05) is 13.2 Å². The molecule has 1 aromatic rings. The summed E-state index contributed by atoms with van der Waals surface area (Å²) in [4.78, 5) is 4.51. The van der Waals surface area contributed by atoms with Gasteiger partial charge in [-0.2, -0.15) is 0 Å². The second-order valence-corrected chi connectivity index (χ2v) is 4.23. The van der Waals surface area contributed by atoms with Crippen LogP contribution in [0.3, 0.4) is 0 Å². The van der Waals surface area contributed by atoms with Crippen LogP contribution in [-0.4, -0.2) is 12.0 Å². The number of hydrogen-bond donors (Lipinski definition) is 1. The average molecular weight is 192 g/mol. The summed E-state index contributed by atoms with van der Waals surface area (Å²) < 4.78 is 0. The summed E-state index contributed by atoms with van der Waals surface area (Å²) >= 11 is 0. The molecule has 0 aliphatic carbocycles. The highest BCUT2D eigenvalue weighted by atomic mass is 14.9. The van der Waals surface area contributed by atoms with Crippen LogP contribution in [-0.2, 0) is 0 Å². The standard InChI is InChI=1S/C12H20N2/c1-8(2)11(13-5)12-10(4)6-9(3)7-14-12/h6-8,11,13H,1-5H3. The summed E-state index contributed by atoms with van der Waals surface area (Å²) in [5, 5.41) is 3.32. The first-order valence-corrected chi connectivity index (χ1v) is 5.16. The monoisotopic (exact) mass is 192 g/mol. The van der Waals surface area contributed by atoms with Crippen molar-refractivity contribution >= 4 is 0 Å². The Morgan fingerprint density at radius 2 is 1.93 bits per heavy atom. The number of nitrogens with zero attached hydrogens (tertiary/aromatic N) is 1. The van der Waals surface area contributed by atoms with Crippen LogP contribution in [0.25, 0.3) is 0 Å². The molecule has 2 nitrogen and oxygen atoms in total. The minimum absolute atomic E-state index is 0.357. The second kappa shape index (κ2) is 4.56. The van der Waals surface area contributed by atoms with Crippen LogP contribution in [0.15, 0.2) is 12.3 Å². The van der Waals surface area contributed by atoms with Gasteiger partial charge in [-0.25, -0.2) is 0 Å². The summed E-state index contributed by atoms with van der Waals surface area (Å²) in [5.41, 5.74) is 3.68. The molecule has 1 heterocycles. The third-order valence-electron chi connectivity index (χ3n) is 2.53. The molecule has 1 aromatic heterocycles. The van der Waals surface area contributed by atoms with Crippen LogP contribution in [0.1, 0.15) is 36.7 Å². The van der Waals surface area contributed by atoms with Gasteiger partial charge < -0.3 is 5.32 Å². The number of nitrogens with one attached hydrogen (secondary N) is 1. The first-order valence-electron chi connectivity index (χ1n) is 5.16. The van der Waals surface area contributed by atoms with Crippen molar-refractivity contribution in [1.82, 2.24) is 10.3 Å². The minimum Gasteiger partial charge on any atom is -0.311 e. The zero-order valence-electron chi connectivity index (χ0n) is 9.76. The van der Waals surface area contributed by atoms with E-state index in [-0.39, 0.29) is 0 Å². The Morgan fingerprint density at radius 3 is 2.36 bits per heavy atom. The molecule has 1 unspecified atom stereocenters. The molecule has 0 saturated carbocycles. The summed E-state index contributed by atoms with van der Waals surface area (Å²) in [5.74, 6) is 0.564. The maximum absolute atomic E-state index is 4.51. The normalized spacial score (nSPS) is 13.3. The smallest absolute Gasteiger partial charge is 0.0604 e. The van der Waals surface area contributed by atoms with Gasteiger partial charge in [0.25, 0.3) is 0 Å². The molecular weight excluding hydrogens is 172 g/mol. The molecule has 0 saturated heterocycles. The van der Waals surface area contributed by atoms with E-state index in [9.17, 15) is 0 Å². The lowest BCUT2D eigenvalue weighted by atomic mass is 9.97. The molecular formula is C12H20N2. The zero-order valence-corrected chi connectivity index (χ0v) is 9.76. The fourth-order valence-corrected chi connectivity index (χ4v) is 1.84. The second-order valence-electron chi connectivity index (χ2n) is 4.23. The molecule has 1 N–H and O–H groups in total. The van der Waals surface area contributed by atoms with Gasteiger partial charge in [-0.1, -0.05) is 19.9 Å². The van der Waals surface area contributed by atoms with E-state index < -0.39 is 0 Å². The van der Waals surface area contributed by atoms with Gasteiger partial charge in [0.15, 0.2) is 0 Å². The van der Waals surface area contributed by atoms with Gasteiger partial charge >= 0.3 is 0 Å². The lowest BCUT2D eigenvalue weighted by Crippen LogP contribution is -2.23. The van der Waals surface area contributed by atoms with Crippen LogP contribution in [0, 0.1) is 19.8 Å². The summed E-state index contributed by atoms with van der Waals surface area (Å²) in [6.07, 6.45) is 1.94. The van der Waals surface area contributed by atoms with Gasteiger partial charge in [-0.3, -0.25) is 4.98 Å². The molecule has 14 heavy (non-hydrogen) atoms. The van der Waals surface area contributed by atoms with E-state index in [0.717, 1.165) is 0 Å². The van der Waals surface area contributed by atoms with Crippen molar-refractivity contribution in [2.24, 2.45) is 5.92 Å². The van der Waals surface area contributed by atoms with Gasteiger partial charge in [0, 0.05) is 6.20 Å². The van der Waals surface area contributed by atoms with E-state index in [2.05, 4.69) is 44.1 Å². The molecule has 0 aliphatic heterocycles. The lowest BCUT2D eigenvalue weighted by Gasteiger charge is -2.21. The predicted molar refractivity (Wildman–Crippen MR) is 60.3 cm³/mol. The Labute approximate surface area is 86.8 Å². The van der Waals surface area contributed by atoms with Gasteiger partial charge in [0.1, 0.15) is 0 Å². The number of aryl methyl sites for hydroxylation is 2. The largest absolute Gasteiger partial charge is 0.311 e. The van der Waals surface area contributed by atoms with E-state index in [4.69, 9.17) is 0 Å². The van der Waals surface area contributed by atoms with Crippen molar-refractivity contribution < 1.29 is 0 Å². The van der Waals surface area contributed by atoms with E-state index in [0.29, 0.717) is 12.0 Å². The van der Waals surface area contributed by atoms with E-state index in [1.54, 1.807) is 0 Å². The Balaban J connectivity index is 3.04. The van der Waals surface area contributed by atoms with Crippen LogP contribution in [0.5, 0.6) is 0 Å². The molecule has 78 valence electrons. The minimum atomic E-state index is 0.357. The zero-order chi connectivity index (χ0) is 10.7. The molecule has 0 amide bonds. The fraction of sp³-hybridized carbons (Fsp3) is 0.583. The van der Waals surface area contributed by atoms with Crippen molar-refractivity contribution in [3.63, 3.8) is 0 Å². The van der Waals surface area contributed by atoms with Gasteiger partial charge in [0.05, 0.1) is 11.7 Å². The van der Waals surface area contributed by atoms with Crippen LogP contribution in [0.4, 0.5) is 0 Å². The summed E-state index contributed by atoms with van der Waals surface area (Å²) in [6.45, 7) is 8.62. The predicted octanol–water partition coefficient (Wildman–Crippen LogP) is 2.61. The number of pyridine rings is 1. The van der Waals surface area contributed by atoms with Crippen molar-refractivity contribution in [2.75, 3.05) is 7.05 Å². The highest BCUT2D eigenvalue weighted by Gasteiger charge is 2.16. The first-order chi connectivity index (χ1) is 6.56. The fourth-order valence-electron chi connectivity index (χ4n) is 1.84. The lowest BCUT2D eigenvalue weighted by molar-refractivity contribution is 0.431. The van der Waals surface area contributed by atoms with Gasteiger partial charge in [-0.15, -0.1) is 0 Å². The van der Waals surface area contributed by atoms with E-state index in [1.165, 1.54) is 16.8 Å². The maximum Gasteiger partial charge on any atom is 0.0604 e. The highest BCUT2D eigenvalue weighted by Crippen LogP contribution is 2.22. The molecule has 0 radical (unpaired) electrons. The molecule has 0 bridgehead atoms. The Morgan fingerprint density at radius 1 is 1.29 bits per heavy atom. The van der Waals surface area contributed by atoms with Crippen LogP contribution < -0.4 is 5.32 Å². The molecule has 2 heteroatoms. The molecule has 1 rings (SSSR count). The number of hydrogen-bond acceptors (Lipinski definition) is 2. The van der Waals surface area contributed by atoms with Crippen molar-refractivity contribution in [2.45, 2.75) is 33.7 Å². The molecule has 1 atom stereocenters. The first kappa shape index (κ1) is 11.2. The third-order valence-corrected chi connectivity index (χ3v) is 2.53. The van der Waals surface area contributed by atoms with Crippen molar-refractivity contribution in [3.8, 4) is 0 Å². The molecule has 0 fully saturated rings. The molecule has 0 aromatic carbocycles. The Bertz CT molecular complexity index is 305. The number of aromatic nitrogens is 1.